The highest BCUT2D eigenvalue weighted by molar-refractivity contribution is 5.72. The highest BCUT2D eigenvalue weighted by atomic mass is 16.6. The zero-order valence-electron chi connectivity index (χ0n) is 14.1. The standard InChI is InChI=1S/C21H18N2O3/c1-2-6-14-23(13-5-1)15-16-24-17-9-11-18(12-10-17)25-21-22-19-7-3-4-8-20(19)26-21/h1-14H,15-16H2. The molecule has 4 rings (SSSR count). The normalized spacial score (nSPS) is 13.2. The topological polar surface area (TPSA) is 47.7 Å². The van der Waals surface area contributed by atoms with E-state index in [0.29, 0.717) is 17.9 Å². The molecule has 1 aromatic heterocycles. The van der Waals surface area contributed by atoms with Crippen molar-refractivity contribution < 1.29 is 13.9 Å². The fourth-order valence-electron chi connectivity index (χ4n) is 2.52. The van der Waals surface area contributed by atoms with Crippen molar-refractivity contribution in [1.29, 1.82) is 0 Å². The monoisotopic (exact) mass is 346 g/mol. The van der Waals surface area contributed by atoms with E-state index in [4.69, 9.17) is 13.9 Å². The Kier molecular flexibility index (Phi) is 4.69. The Balaban J connectivity index is 1.31. The van der Waals surface area contributed by atoms with Gasteiger partial charge < -0.3 is 18.8 Å². The molecular weight excluding hydrogens is 328 g/mol. The lowest BCUT2D eigenvalue weighted by Gasteiger charge is -2.15. The van der Waals surface area contributed by atoms with Crippen molar-refractivity contribution in [2.75, 3.05) is 13.2 Å². The lowest BCUT2D eigenvalue weighted by atomic mass is 10.3. The average Bonchev–Trinajstić information content (AvgIpc) is 2.89. The Morgan fingerprint density at radius 3 is 2.35 bits per heavy atom. The lowest BCUT2D eigenvalue weighted by Crippen LogP contribution is -2.17. The molecule has 0 saturated carbocycles. The van der Waals surface area contributed by atoms with Crippen molar-refractivity contribution in [1.82, 2.24) is 9.88 Å². The summed E-state index contributed by atoms with van der Waals surface area (Å²) in [7, 11) is 0. The Morgan fingerprint density at radius 1 is 0.846 bits per heavy atom. The summed E-state index contributed by atoms with van der Waals surface area (Å²) in [6.45, 7) is 1.36. The van der Waals surface area contributed by atoms with Crippen LogP contribution in [0.3, 0.4) is 0 Å². The summed E-state index contributed by atoms with van der Waals surface area (Å²) in [5.74, 6) is 1.43. The highest BCUT2D eigenvalue weighted by Gasteiger charge is 2.07. The van der Waals surface area contributed by atoms with Crippen molar-refractivity contribution in [2.24, 2.45) is 0 Å². The molecule has 0 N–H and O–H groups in total. The van der Waals surface area contributed by atoms with Gasteiger partial charge in [0.05, 0.1) is 6.54 Å². The molecule has 0 atom stereocenters. The number of nitrogens with zero attached hydrogens (tertiary/aromatic N) is 2. The second-order valence-electron chi connectivity index (χ2n) is 5.68. The van der Waals surface area contributed by atoms with E-state index in [1.165, 1.54) is 0 Å². The summed E-state index contributed by atoms with van der Waals surface area (Å²) >= 11 is 0. The minimum Gasteiger partial charge on any atom is -0.492 e. The third-order valence-corrected chi connectivity index (χ3v) is 3.81. The molecule has 5 heteroatoms. The molecule has 2 heterocycles. The van der Waals surface area contributed by atoms with Gasteiger partial charge >= 0.3 is 6.08 Å². The van der Waals surface area contributed by atoms with Crippen LogP contribution in [0.25, 0.3) is 11.1 Å². The molecular formula is C21H18N2O3. The molecule has 0 amide bonds. The van der Waals surface area contributed by atoms with Gasteiger partial charge in [-0.1, -0.05) is 24.3 Å². The van der Waals surface area contributed by atoms with E-state index >= 15 is 0 Å². The van der Waals surface area contributed by atoms with Crippen molar-refractivity contribution in [3.63, 3.8) is 0 Å². The number of benzene rings is 2. The average molecular weight is 346 g/mol. The van der Waals surface area contributed by atoms with Crippen LogP contribution < -0.4 is 9.47 Å². The zero-order valence-corrected chi connectivity index (χ0v) is 14.1. The van der Waals surface area contributed by atoms with Gasteiger partial charge in [0.2, 0.25) is 0 Å². The Hall–Kier alpha value is -3.47. The number of oxazole rings is 1. The van der Waals surface area contributed by atoms with Gasteiger partial charge in [-0.2, -0.15) is 4.98 Å². The SMILES string of the molecule is C1=CC=CN(CCOc2ccc(Oc3nc4ccccc4o3)cc2)C=C1. The molecule has 3 aromatic rings. The van der Waals surface area contributed by atoms with E-state index in [1.54, 1.807) is 0 Å². The first-order valence-corrected chi connectivity index (χ1v) is 8.40. The van der Waals surface area contributed by atoms with Crippen molar-refractivity contribution in [3.8, 4) is 17.6 Å². The van der Waals surface area contributed by atoms with Gasteiger partial charge in [-0.3, -0.25) is 0 Å². The number of hydrogen-bond donors (Lipinski definition) is 0. The number of ether oxygens (including phenoxy) is 2. The third-order valence-electron chi connectivity index (χ3n) is 3.81. The Bertz CT molecular complexity index is 906. The van der Waals surface area contributed by atoms with Crippen LogP contribution in [0.4, 0.5) is 0 Å². The van der Waals surface area contributed by atoms with Gasteiger partial charge in [0.1, 0.15) is 23.6 Å². The molecule has 0 saturated heterocycles. The number of fused-ring (bicyclic) bond motifs is 1. The number of hydrogen-bond acceptors (Lipinski definition) is 5. The second-order valence-corrected chi connectivity index (χ2v) is 5.68. The summed E-state index contributed by atoms with van der Waals surface area (Å²) in [4.78, 5) is 6.37. The quantitative estimate of drug-likeness (QED) is 0.635. The molecule has 2 aromatic carbocycles. The van der Waals surface area contributed by atoms with Gasteiger partial charge in [-0.25, -0.2) is 0 Å². The first-order chi connectivity index (χ1) is 12.9. The smallest absolute Gasteiger partial charge is 0.400 e. The molecule has 0 fully saturated rings. The van der Waals surface area contributed by atoms with E-state index < -0.39 is 0 Å². The first-order valence-electron chi connectivity index (χ1n) is 8.40. The number of para-hydroxylation sites is 2. The minimum atomic E-state index is 0.230. The molecule has 1 aliphatic heterocycles. The van der Waals surface area contributed by atoms with Crippen LogP contribution in [0.1, 0.15) is 0 Å². The minimum absolute atomic E-state index is 0.230. The van der Waals surface area contributed by atoms with Crippen LogP contribution >= 0.6 is 0 Å². The molecule has 0 radical (unpaired) electrons. The molecule has 130 valence electrons. The predicted octanol–water partition coefficient (Wildman–Crippen LogP) is 4.90. The summed E-state index contributed by atoms with van der Waals surface area (Å²) in [6.07, 6.45) is 12.2. The molecule has 0 aliphatic carbocycles. The van der Waals surface area contributed by atoms with Crippen LogP contribution in [0, 0.1) is 0 Å². The fraction of sp³-hybridized carbons (Fsp3) is 0.0952. The van der Waals surface area contributed by atoms with Crippen LogP contribution in [0.5, 0.6) is 17.6 Å². The summed E-state index contributed by atoms with van der Waals surface area (Å²) < 4.78 is 17.0. The van der Waals surface area contributed by atoms with Crippen LogP contribution in [0.15, 0.2) is 89.7 Å². The Morgan fingerprint density at radius 2 is 1.58 bits per heavy atom. The molecule has 5 nitrogen and oxygen atoms in total. The maximum Gasteiger partial charge on any atom is 0.400 e. The van der Waals surface area contributed by atoms with E-state index in [9.17, 15) is 0 Å². The van der Waals surface area contributed by atoms with Crippen LogP contribution in [0.2, 0.25) is 0 Å². The van der Waals surface area contributed by atoms with Gasteiger partial charge in [0, 0.05) is 12.4 Å². The summed E-state index contributed by atoms with van der Waals surface area (Å²) in [6, 6.07) is 15.0. The van der Waals surface area contributed by atoms with E-state index in [2.05, 4.69) is 9.88 Å². The molecule has 26 heavy (non-hydrogen) atoms. The molecule has 0 unspecified atom stereocenters. The number of rotatable bonds is 6. The van der Waals surface area contributed by atoms with Gasteiger partial charge in [-0.05, 0) is 48.6 Å². The predicted molar refractivity (Wildman–Crippen MR) is 100 cm³/mol. The maximum absolute atomic E-state index is 5.78. The van der Waals surface area contributed by atoms with Crippen LogP contribution in [-0.2, 0) is 0 Å². The first kappa shape index (κ1) is 16.0. The summed E-state index contributed by atoms with van der Waals surface area (Å²) in [5.41, 5.74) is 1.48. The highest BCUT2D eigenvalue weighted by Crippen LogP contribution is 2.26. The summed E-state index contributed by atoms with van der Waals surface area (Å²) in [5, 5.41) is 0. The Labute approximate surface area is 151 Å². The van der Waals surface area contributed by atoms with Gasteiger partial charge in [0.15, 0.2) is 5.58 Å². The van der Waals surface area contributed by atoms with Crippen molar-refractivity contribution in [3.05, 3.63) is 85.2 Å². The van der Waals surface area contributed by atoms with E-state index in [0.717, 1.165) is 17.8 Å². The second kappa shape index (κ2) is 7.61. The molecule has 0 spiro atoms. The van der Waals surface area contributed by atoms with Gasteiger partial charge in [-0.15, -0.1) is 0 Å². The van der Waals surface area contributed by atoms with Crippen molar-refractivity contribution in [2.45, 2.75) is 0 Å². The van der Waals surface area contributed by atoms with E-state index in [-0.39, 0.29) is 6.08 Å². The maximum atomic E-state index is 5.78. The molecule has 1 aliphatic rings. The third kappa shape index (κ3) is 3.95. The molecule has 0 bridgehead atoms. The largest absolute Gasteiger partial charge is 0.492 e. The van der Waals surface area contributed by atoms with Gasteiger partial charge in [0.25, 0.3) is 0 Å². The fourth-order valence-corrected chi connectivity index (χ4v) is 2.52. The lowest BCUT2D eigenvalue weighted by molar-refractivity contribution is 0.283. The number of aromatic nitrogens is 1. The number of allylic oxidation sites excluding steroid dienone is 4. The van der Waals surface area contributed by atoms with E-state index in [1.807, 2.05) is 85.2 Å². The van der Waals surface area contributed by atoms with Crippen molar-refractivity contribution >= 4 is 11.1 Å². The zero-order chi connectivity index (χ0) is 17.6. The van der Waals surface area contributed by atoms with Crippen LogP contribution in [-0.4, -0.2) is 23.0 Å².